The zero-order chi connectivity index (χ0) is 20.5. The second-order valence-electron chi connectivity index (χ2n) is 9.37. The summed E-state index contributed by atoms with van der Waals surface area (Å²) in [4.78, 5) is 11.7. The van der Waals surface area contributed by atoms with Crippen LogP contribution in [0.4, 0.5) is 0 Å². The second-order valence-corrected chi connectivity index (χ2v) is 9.37. The van der Waals surface area contributed by atoms with Crippen molar-refractivity contribution in [3.05, 3.63) is 41.5 Å². The summed E-state index contributed by atoms with van der Waals surface area (Å²) in [6.45, 7) is 2.30. The molecule has 2 aliphatic carbocycles. The van der Waals surface area contributed by atoms with Crippen LogP contribution in [0, 0.1) is 17.8 Å². The van der Waals surface area contributed by atoms with Crippen molar-refractivity contribution in [2.24, 2.45) is 17.8 Å². The third-order valence-electron chi connectivity index (χ3n) is 7.34. The van der Waals surface area contributed by atoms with Crippen LogP contribution in [0.15, 0.2) is 30.3 Å². The maximum Gasteiger partial charge on any atom is 0.308 e. The predicted octanol–water partition coefficient (Wildman–Crippen LogP) is 7.53. The highest BCUT2D eigenvalue weighted by molar-refractivity contribution is 5.72. The van der Waals surface area contributed by atoms with Crippen LogP contribution in [0.3, 0.4) is 0 Å². The maximum atomic E-state index is 11.7. The number of hydrogen-bond acceptors (Lipinski definition) is 2. The fourth-order valence-corrected chi connectivity index (χ4v) is 5.31. The van der Waals surface area contributed by atoms with E-state index in [4.69, 9.17) is 4.74 Å². The van der Waals surface area contributed by atoms with Crippen molar-refractivity contribution in [3.8, 4) is 0 Å². The highest BCUT2D eigenvalue weighted by Crippen LogP contribution is 2.36. The maximum absolute atomic E-state index is 11.7. The largest absolute Gasteiger partial charge is 0.469 e. The first-order valence-corrected chi connectivity index (χ1v) is 12.1. The molecule has 29 heavy (non-hydrogen) atoms. The number of unbranched alkanes of at least 4 members (excludes halogenated alkanes) is 2. The van der Waals surface area contributed by atoms with Crippen molar-refractivity contribution in [2.45, 2.75) is 89.9 Å². The molecule has 2 heteroatoms. The Kier molecular flexibility index (Phi) is 8.83. The van der Waals surface area contributed by atoms with E-state index in [1.165, 1.54) is 69.6 Å². The Bertz CT molecular complexity index is 629. The van der Waals surface area contributed by atoms with Crippen molar-refractivity contribution in [1.82, 2.24) is 0 Å². The van der Waals surface area contributed by atoms with Gasteiger partial charge >= 0.3 is 5.97 Å². The number of esters is 1. The number of benzene rings is 1. The molecule has 1 aromatic rings. The molecule has 2 saturated carbocycles. The van der Waals surface area contributed by atoms with Gasteiger partial charge in [0.2, 0.25) is 0 Å². The molecule has 0 saturated heterocycles. The zero-order valence-electron chi connectivity index (χ0n) is 18.6. The van der Waals surface area contributed by atoms with E-state index >= 15 is 0 Å². The Morgan fingerprint density at radius 3 is 2.28 bits per heavy atom. The van der Waals surface area contributed by atoms with Crippen LogP contribution in [0.1, 0.15) is 101 Å². The van der Waals surface area contributed by atoms with Gasteiger partial charge in [-0.05, 0) is 80.2 Å². The minimum absolute atomic E-state index is 0.0288. The monoisotopic (exact) mass is 396 g/mol. The predicted molar refractivity (Wildman–Crippen MR) is 122 cm³/mol. The van der Waals surface area contributed by atoms with E-state index in [1.807, 2.05) is 0 Å². The van der Waals surface area contributed by atoms with Gasteiger partial charge in [0.25, 0.3) is 0 Å². The summed E-state index contributed by atoms with van der Waals surface area (Å²) in [5.74, 6) is 2.43. The standard InChI is InChI=1S/C27H40O2/c1-3-4-5-6-21-7-9-22(10-8-21)11-12-23-13-15-24(16-14-23)25-17-19-26(20-18-25)27(28)29-2/h11-16,21-22,25-26H,3-10,17-20H2,1-2H3/b12-11+. The molecule has 0 bridgehead atoms. The molecule has 2 fully saturated rings. The second kappa shape index (κ2) is 11.6. The average molecular weight is 397 g/mol. The topological polar surface area (TPSA) is 26.3 Å². The van der Waals surface area contributed by atoms with Gasteiger partial charge in [-0.3, -0.25) is 4.79 Å². The van der Waals surface area contributed by atoms with Gasteiger partial charge < -0.3 is 4.74 Å². The summed E-state index contributed by atoms with van der Waals surface area (Å²) >= 11 is 0. The van der Waals surface area contributed by atoms with Gasteiger partial charge in [0, 0.05) is 0 Å². The number of methoxy groups -OCH3 is 1. The van der Waals surface area contributed by atoms with Crippen LogP contribution >= 0.6 is 0 Å². The fraction of sp³-hybridized carbons (Fsp3) is 0.667. The van der Waals surface area contributed by atoms with E-state index in [-0.39, 0.29) is 11.9 Å². The molecule has 0 amide bonds. The van der Waals surface area contributed by atoms with Gasteiger partial charge in [-0.1, -0.05) is 69.0 Å². The summed E-state index contributed by atoms with van der Waals surface area (Å²) in [7, 11) is 1.50. The number of carbonyl (C=O) groups excluding carboxylic acids is 1. The van der Waals surface area contributed by atoms with E-state index in [9.17, 15) is 4.79 Å². The van der Waals surface area contributed by atoms with Crippen LogP contribution in [-0.4, -0.2) is 13.1 Å². The molecule has 0 radical (unpaired) electrons. The van der Waals surface area contributed by atoms with Crippen LogP contribution in [0.5, 0.6) is 0 Å². The Morgan fingerprint density at radius 1 is 0.966 bits per heavy atom. The van der Waals surface area contributed by atoms with Crippen LogP contribution in [0.25, 0.3) is 6.08 Å². The summed E-state index contributed by atoms with van der Waals surface area (Å²) < 4.78 is 4.90. The Balaban J connectivity index is 1.42. The minimum Gasteiger partial charge on any atom is -0.469 e. The molecule has 0 N–H and O–H groups in total. The molecule has 0 spiro atoms. The normalized spacial score (nSPS) is 27.8. The lowest BCUT2D eigenvalue weighted by Crippen LogP contribution is -2.22. The van der Waals surface area contributed by atoms with Gasteiger partial charge in [0.15, 0.2) is 0 Å². The number of ether oxygens (including phenoxy) is 1. The number of allylic oxidation sites excluding steroid dienone is 1. The molecule has 0 aromatic heterocycles. The van der Waals surface area contributed by atoms with Gasteiger partial charge in [-0.25, -0.2) is 0 Å². The number of rotatable bonds is 8. The molecule has 0 atom stereocenters. The molecule has 2 aliphatic rings. The van der Waals surface area contributed by atoms with Gasteiger partial charge in [0.05, 0.1) is 13.0 Å². The van der Waals surface area contributed by atoms with E-state index in [1.54, 1.807) is 0 Å². The third kappa shape index (κ3) is 6.73. The molecule has 0 unspecified atom stereocenters. The van der Waals surface area contributed by atoms with Crippen LogP contribution < -0.4 is 0 Å². The minimum atomic E-state index is -0.0288. The van der Waals surface area contributed by atoms with Gasteiger partial charge in [-0.2, -0.15) is 0 Å². The Labute approximate surface area is 178 Å². The molecule has 2 nitrogen and oxygen atoms in total. The van der Waals surface area contributed by atoms with E-state index in [2.05, 4.69) is 43.3 Å². The molecule has 160 valence electrons. The molecule has 1 aromatic carbocycles. The van der Waals surface area contributed by atoms with E-state index in [0.29, 0.717) is 5.92 Å². The average Bonchev–Trinajstić information content (AvgIpc) is 2.78. The Hall–Kier alpha value is -1.57. The summed E-state index contributed by atoms with van der Waals surface area (Å²) in [6.07, 6.45) is 20.1. The lowest BCUT2D eigenvalue weighted by molar-refractivity contribution is -0.146. The van der Waals surface area contributed by atoms with Crippen LogP contribution in [-0.2, 0) is 9.53 Å². The SMILES string of the molecule is CCCCCC1CCC(/C=C/c2ccc(C3CCC(C(=O)OC)CC3)cc2)CC1. The zero-order valence-corrected chi connectivity index (χ0v) is 18.6. The number of hydrogen-bond donors (Lipinski definition) is 0. The lowest BCUT2D eigenvalue weighted by atomic mass is 9.78. The van der Waals surface area contributed by atoms with Crippen molar-refractivity contribution in [3.63, 3.8) is 0 Å². The summed E-state index contributed by atoms with van der Waals surface area (Å²) in [5, 5.41) is 0. The molecule has 0 heterocycles. The van der Waals surface area contributed by atoms with Gasteiger partial charge in [-0.15, -0.1) is 0 Å². The number of carbonyl (C=O) groups is 1. The highest BCUT2D eigenvalue weighted by atomic mass is 16.5. The smallest absolute Gasteiger partial charge is 0.308 e. The van der Waals surface area contributed by atoms with Gasteiger partial charge in [0.1, 0.15) is 0 Å². The van der Waals surface area contributed by atoms with E-state index in [0.717, 1.165) is 37.5 Å². The molecule has 0 aliphatic heterocycles. The van der Waals surface area contributed by atoms with E-state index < -0.39 is 0 Å². The first kappa shape index (κ1) is 22.1. The van der Waals surface area contributed by atoms with Crippen molar-refractivity contribution in [2.75, 3.05) is 7.11 Å². The lowest BCUT2D eigenvalue weighted by Gasteiger charge is -2.27. The molecule has 3 rings (SSSR count). The van der Waals surface area contributed by atoms with Crippen molar-refractivity contribution < 1.29 is 9.53 Å². The fourth-order valence-electron chi connectivity index (χ4n) is 5.31. The summed E-state index contributed by atoms with van der Waals surface area (Å²) in [5.41, 5.74) is 2.75. The summed E-state index contributed by atoms with van der Waals surface area (Å²) in [6, 6.07) is 9.14. The molecular formula is C27H40O2. The third-order valence-corrected chi connectivity index (χ3v) is 7.34. The Morgan fingerprint density at radius 2 is 1.66 bits per heavy atom. The molecular weight excluding hydrogens is 356 g/mol. The first-order valence-electron chi connectivity index (χ1n) is 12.1. The van der Waals surface area contributed by atoms with Crippen molar-refractivity contribution in [1.29, 1.82) is 0 Å². The highest BCUT2D eigenvalue weighted by Gasteiger charge is 2.27. The van der Waals surface area contributed by atoms with Crippen molar-refractivity contribution >= 4 is 12.0 Å². The van der Waals surface area contributed by atoms with Crippen LogP contribution in [0.2, 0.25) is 0 Å². The quantitative estimate of drug-likeness (QED) is 0.335. The first-order chi connectivity index (χ1) is 14.2.